The molecule has 1 aromatic rings. The smallest absolute Gasteiger partial charge is 0.333 e. The molecule has 0 saturated carbocycles. The maximum atomic E-state index is 13.8. The molecule has 110 valence electrons. The summed E-state index contributed by atoms with van der Waals surface area (Å²) in [7, 11) is 1.95. The fourth-order valence-electron chi connectivity index (χ4n) is 2.68. The van der Waals surface area contributed by atoms with Crippen LogP contribution in [0.4, 0.5) is 10.1 Å². The lowest BCUT2D eigenvalue weighted by molar-refractivity contribution is -0.150. The predicted molar refractivity (Wildman–Crippen MR) is 76.1 cm³/mol. The van der Waals surface area contributed by atoms with Crippen molar-refractivity contribution < 1.29 is 13.9 Å². The van der Waals surface area contributed by atoms with Gasteiger partial charge in [-0.2, -0.15) is 0 Å². The van der Waals surface area contributed by atoms with Crippen molar-refractivity contribution in [1.82, 2.24) is 4.90 Å². The number of piperidine rings is 1. The minimum Gasteiger partial charge on any atom is -0.464 e. The highest BCUT2D eigenvalue weighted by Crippen LogP contribution is 2.28. The summed E-state index contributed by atoms with van der Waals surface area (Å²) in [6.45, 7) is 3.55. The van der Waals surface area contributed by atoms with E-state index in [1.54, 1.807) is 25.1 Å². The molecule has 1 aromatic carbocycles. The third kappa shape index (κ3) is 3.10. The Hall–Kier alpha value is -1.62. The molecule has 5 heteroatoms. The van der Waals surface area contributed by atoms with E-state index in [1.165, 1.54) is 6.07 Å². The standard InChI is InChI=1S/C15H21FN2O2/c1-3-20-14(19)15(9-6-10-18(2)11-15)17-13-8-5-4-7-12(13)16/h4-5,7-8,17H,3,6,9-11H2,1-2H3. The van der Waals surface area contributed by atoms with Gasteiger partial charge < -0.3 is 15.0 Å². The molecule has 1 atom stereocenters. The Morgan fingerprint density at radius 2 is 2.25 bits per heavy atom. The number of carbonyl (C=O) groups is 1. The van der Waals surface area contributed by atoms with Crippen LogP contribution in [0.1, 0.15) is 19.8 Å². The first-order chi connectivity index (χ1) is 9.57. The van der Waals surface area contributed by atoms with Crippen LogP contribution < -0.4 is 5.32 Å². The van der Waals surface area contributed by atoms with Gasteiger partial charge in [-0.05, 0) is 45.5 Å². The summed E-state index contributed by atoms with van der Waals surface area (Å²) in [5, 5.41) is 3.09. The summed E-state index contributed by atoms with van der Waals surface area (Å²) in [5.41, 5.74) is -0.526. The van der Waals surface area contributed by atoms with E-state index in [0.29, 0.717) is 25.3 Å². The molecular formula is C15H21FN2O2. The maximum absolute atomic E-state index is 13.8. The molecule has 0 amide bonds. The van der Waals surface area contributed by atoms with E-state index in [-0.39, 0.29) is 11.8 Å². The van der Waals surface area contributed by atoms with Gasteiger partial charge in [-0.15, -0.1) is 0 Å². The number of likely N-dealkylation sites (N-methyl/N-ethyl adjacent to an activating group) is 1. The van der Waals surface area contributed by atoms with Gasteiger partial charge in [-0.3, -0.25) is 0 Å². The van der Waals surface area contributed by atoms with E-state index < -0.39 is 5.54 Å². The van der Waals surface area contributed by atoms with Crippen molar-refractivity contribution in [2.45, 2.75) is 25.3 Å². The van der Waals surface area contributed by atoms with E-state index in [9.17, 15) is 9.18 Å². The normalized spacial score (nSPS) is 23.4. The van der Waals surface area contributed by atoms with Gasteiger partial charge in [-0.1, -0.05) is 12.1 Å². The number of nitrogens with one attached hydrogen (secondary N) is 1. The zero-order valence-electron chi connectivity index (χ0n) is 12.0. The number of benzene rings is 1. The molecule has 20 heavy (non-hydrogen) atoms. The number of carbonyl (C=O) groups excluding carboxylic acids is 1. The zero-order valence-corrected chi connectivity index (χ0v) is 12.0. The largest absolute Gasteiger partial charge is 0.464 e. The van der Waals surface area contributed by atoms with Gasteiger partial charge in [0.05, 0.1) is 12.3 Å². The van der Waals surface area contributed by atoms with Crippen molar-refractivity contribution in [1.29, 1.82) is 0 Å². The molecule has 1 heterocycles. The summed E-state index contributed by atoms with van der Waals surface area (Å²) in [4.78, 5) is 14.4. The van der Waals surface area contributed by atoms with Crippen molar-refractivity contribution in [2.24, 2.45) is 0 Å². The average molecular weight is 280 g/mol. The number of hydrogen-bond donors (Lipinski definition) is 1. The maximum Gasteiger partial charge on any atom is 0.333 e. The number of halogens is 1. The quantitative estimate of drug-likeness (QED) is 0.859. The molecule has 0 radical (unpaired) electrons. The van der Waals surface area contributed by atoms with Crippen LogP contribution in [0.3, 0.4) is 0 Å². The molecule has 1 N–H and O–H groups in total. The minimum atomic E-state index is -0.870. The van der Waals surface area contributed by atoms with Crippen LogP contribution in [0.5, 0.6) is 0 Å². The Labute approximate surface area is 118 Å². The van der Waals surface area contributed by atoms with Crippen LogP contribution in [-0.2, 0) is 9.53 Å². The van der Waals surface area contributed by atoms with Crippen molar-refractivity contribution in [3.05, 3.63) is 30.1 Å². The third-order valence-corrected chi connectivity index (χ3v) is 3.60. The second-order valence-electron chi connectivity index (χ2n) is 5.25. The van der Waals surface area contributed by atoms with Gasteiger partial charge >= 0.3 is 5.97 Å². The van der Waals surface area contributed by atoms with E-state index >= 15 is 0 Å². The first-order valence-corrected chi connectivity index (χ1v) is 6.96. The van der Waals surface area contributed by atoms with Crippen LogP contribution in [0, 0.1) is 5.82 Å². The Kier molecular flexibility index (Phi) is 4.60. The summed E-state index contributed by atoms with van der Waals surface area (Å²) in [6.07, 6.45) is 1.52. The summed E-state index contributed by atoms with van der Waals surface area (Å²) in [5.74, 6) is -0.667. The van der Waals surface area contributed by atoms with E-state index in [4.69, 9.17) is 4.74 Å². The number of rotatable bonds is 4. The van der Waals surface area contributed by atoms with Crippen molar-refractivity contribution in [2.75, 3.05) is 32.1 Å². The fourth-order valence-corrected chi connectivity index (χ4v) is 2.68. The van der Waals surface area contributed by atoms with Gasteiger partial charge in [0.2, 0.25) is 0 Å². The lowest BCUT2D eigenvalue weighted by atomic mass is 9.88. The van der Waals surface area contributed by atoms with Gasteiger partial charge in [-0.25, -0.2) is 9.18 Å². The summed E-state index contributed by atoms with van der Waals surface area (Å²) >= 11 is 0. The first-order valence-electron chi connectivity index (χ1n) is 6.96. The number of para-hydroxylation sites is 1. The van der Waals surface area contributed by atoms with E-state index in [0.717, 1.165) is 13.0 Å². The molecule has 1 fully saturated rings. The highest BCUT2D eigenvalue weighted by molar-refractivity contribution is 5.85. The highest BCUT2D eigenvalue weighted by Gasteiger charge is 2.43. The van der Waals surface area contributed by atoms with Crippen LogP contribution in [0.2, 0.25) is 0 Å². The fraction of sp³-hybridized carbons (Fsp3) is 0.533. The second kappa shape index (κ2) is 6.22. The van der Waals surface area contributed by atoms with Gasteiger partial charge in [0, 0.05) is 6.54 Å². The van der Waals surface area contributed by atoms with E-state index in [1.807, 2.05) is 7.05 Å². The zero-order chi connectivity index (χ0) is 14.6. The number of likely N-dealkylation sites (tertiary alicyclic amines) is 1. The molecule has 0 bridgehead atoms. The summed E-state index contributed by atoms with van der Waals surface area (Å²) < 4.78 is 19.0. The number of hydrogen-bond acceptors (Lipinski definition) is 4. The second-order valence-corrected chi connectivity index (χ2v) is 5.25. The highest BCUT2D eigenvalue weighted by atomic mass is 19.1. The molecule has 0 aromatic heterocycles. The molecule has 1 aliphatic heterocycles. The van der Waals surface area contributed by atoms with Crippen LogP contribution in [0.15, 0.2) is 24.3 Å². The lowest BCUT2D eigenvalue weighted by Crippen LogP contribution is -2.58. The van der Waals surface area contributed by atoms with Crippen LogP contribution in [0.25, 0.3) is 0 Å². The van der Waals surface area contributed by atoms with Crippen molar-refractivity contribution in [3.63, 3.8) is 0 Å². The van der Waals surface area contributed by atoms with Gasteiger partial charge in [0.25, 0.3) is 0 Å². The molecule has 1 saturated heterocycles. The molecule has 1 aliphatic rings. The number of nitrogens with zero attached hydrogens (tertiary/aromatic N) is 1. The van der Waals surface area contributed by atoms with Crippen molar-refractivity contribution >= 4 is 11.7 Å². The molecule has 2 rings (SSSR count). The Morgan fingerprint density at radius 3 is 2.90 bits per heavy atom. The number of esters is 1. The van der Waals surface area contributed by atoms with Crippen LogP contribution in [-0.4, -0.2) is 43.2 Å². The Morgan fingerprint density at radius 1 is 1.50 bits per heavy atom. The average Bonchev–Trinajstić information content (AvgIpc) is 2.42. The molecule has 1 unspecified atom stereocenters. The van der Waals surface area contributed by atoms with Crippen LogP contribution >= 0.6 is 0 Å². The summed E-state index contributed by atoms with van der Waals surface area (Å²) in [6, 6.07) is 6.40. The lowest BCUT2D eigenvalue weighted by Gasteiger charge is -2.40. The molecule has 4 nitrogen and oxygen atoms in total. The Balaban J connectivity index is 2.27. The first kappa shape index (κ1) is 14.8. The number of anilines is 1. The number of ether oxygens (including phenoxy) is 1. The molecule has 0 spiro atoms. The van der Waals surface area contributed by atoms with Gasteiger partial charge in [0.1, 0.15) is 11.4 Å². The topological polar surface area (TPSA) is 41.6 Å². The Bertz CT molecular complexity index is 481. The van der Waals surface area contributed by atoms with Crippen molar-refractivity contribution in [3.8, 4) is 0 Å². The minimum absolute atomic E-state index is 0.310. The monoisotopic (exact) mass is 280 g/mol. The predicted octanol–water partition coefficient (Wildman–Crippen LogP) is 2.27. The van der Waals surface area contributed by atoms with E-state index in [2.05, 4.69) is 10.2 Å². The SMILES string of the molecule is CCOC(=O)C1(Nc2ccccc2F)CCCN(C)C1. The molecular weight excluding hydrogens is 259 g/mol. The molecule has 0 aliphatic carbocycles. The van der Waals surface area contributed by atoms with Gasteiger partial charge in [0.15, 0.2) is 0 Å². The third-order valence-electron chi connectivity index (χ3n) is 3.60.